The molecular formula is C11H20O3S. The summed E-state index contributed by atoms with van der Waals surface area (Å²) in [7, 11) is 0. The van der Waals surface area contributed by atoms with E-state index in [9.17, 15) is 4.79 Å². The zero-order valence-electron chi connectivity index (χ0n) is 9.66. The molecule has 3 nitrogen and oxygen atoms in total. The van der Waals surface area contributed by atoms with Crippen molar-refractivity contribution in [3.05, 3.63) is 0 Å². The number of carbonyl (C=O) groups excluding carboxylic acids is 1. The van der Waals surface area contributed by atoms with E-state index in [0.29, 0.717) is 6.42 Å². The zero-order valence-corrected chi connectivity index (χ0v) is 10.5. The van der Waals surface area contributed by atoms with Gasteiger partial charge in [-0.15, -0.1) is 0 Å². The van der Waals surface area contributed by atoms with Crippen molar-refractivity contribution in [2.24, 2.45) is 11.8 Å². The summed E-state index contributed by atoms with van der Waals surface area (Å²) in [6.45, 7) is 5.81. The quantitative estimate of drug-likeness (QED) is 0.752. The van der Waals surface area contributed by atoms with E-state index in [-0.39, 0.29) is 24.4 Å². The molecule has 0 bridgehead atoms. The Kier molecular flexibility index (Phi) is 4.46. The van der Waals surface area contributed by atoms with Crippen LogP contribution in [0.3, 0.4) is 0 Å². The third kappa shape index (κ3) is 4.03. The molecule has 88 valence electrons. The van der Waals surface area contributed by atoms with Crippen molar-refractivity contribution in [2.45, 2.75) is 32.8 Å². The van der Waals surface area contributed by atoms with Crippen molar-refractivity contribution in [3.8, 4) is 0 Å². The highest BCUT2D eigenvalue weighted by Gasteiger charge is 2.35. The molecule has 0 amide bonds. The number of rotatable bonds is 3. The van der Waals surface area contributed by atoms with Crippen LogP contribution in [0, 0.1) is 11.8 Å². The molecule has 0 saturated carbocycles. The molecule has 15 heavy (non-hydrogen) atoms. The Balaban J connectivity index is 2.51. The lowest BCUT2D eigenvalue weighted by atomic mass is 9.93. The minimum absolute atomic E-state index is 0.0265. The fourth-order valence-electron chi connectivity index (χ4n) is 1.69. The minimum atomic E-state index is -0.409. The summed E-state index contributed by atoms with van der Waals surface area (Å²) in [5.74, 6) is 1.95. The fourth-order valence-corrected chi connectivity index (χ4v) is 3.19. The van der Waals surface area contributed by atoms with Gasteiger partial charge in [-0.25, -0.2) is 0 Å². The van der Waals surface area contributed by atoms with Gasteiger partial charge in [0.25, 0.3) is 0 Å². The molecule has 1 fully saturated rings. The molecule has 0 spiro atoms. The van der Waals surface area contributed by atoms with E-state index in [4.69, 9.17) is 9.84 Å². The monoisotopic (exact) mass is 232 g/mol. The average Bonchev–Trinajstić information content (AvgIpc) is 2.49. The first-order chi connectivity index (χ1) is 6.94. The number of hydrogen-bond donors (Lipinski definition) is 1. The van der Waals surface area contributed by atoms with Crippen LogP contribution >= 0.6 is 11.8 Å². The van der Waals surface area contributed by atoms with Crippen LogP contribution in [-0.2, 0) is 9.53 Å². The van der Waals surface area contributed by atoms with Crippen LogP contribution in [0.15, 0.2) is 0 Å². The largest absolute Gasteiger partial charge is 0.460 e. The highest BCUT2D eigenvalue weighted by molar-refractivity contribution is 7.99. The van der Waals surface area contributed by atoms with Crippen molar-refractivity contribution in [1.82, 2.24) is 0 Å². The molecule has 0 aromatic rings. The molecule has 1 aliphatic rings. The van der Waals surface area contributed by atoms with Crippen LogP contribution in [0.25, 0.3) is 0 Å². The van der Waals surface area contributed by atoms with Crippen molar-refractivity contribution < 1.29 is 14.6 Å². The summed E-state index contributed by atoms with van der Waals surface area (Å²) >= 11 is 1.77. The smallest absolute Gasteiger partial charge is 0.310 e. The van der Waals surface area contributed by atoms with Crippen molar-refractivity contribution in [2.75, 3.05) is 18.1 Å². The van der Waals surface area contributed by atoms with Crippen LogP contribution in [0.2, 0.25) is 0 Å². The number of hydrogen-bond acceptors (Lipinski definition) is 4. The first-order valence-electron chi connectivity index (χ1n) is 5.35. The maximum absolute atomic E-state index is 11.8. The molecule has 0 aromatic carbocycles. The van der Waals surface area contributed by atoms with E-state index in [1.807, 2.05) is 20.8 Å². The van der Waals surface area contributed by atoms with E-state index in [2.05, 4.69) is 0 Å². The molecule has 1 aliphatic heterocycles. The maximum atomic E-state index is 11.8. The highest BCUT2D eigenvalue weighted by atomic mass is 32.2. The molecule has 0 radical (unpaired) electrons. The molecule has 0 aliphatic carbocycles. The molecular weight excluding hydrogens is 212 g/mol. The van der Waals surface area contributed by atoms with E-state index >= 15 is 0 Å². The van der Waals surface area contributed by atoms with Gasteiger partial charge in [-0.05, 0) is 38.9 Å². The lowest BCUT2D eigenvalue weighted by Crippen LogP contribution is -2.32. The SMILES string of the molecule is CC(C)(C)OC(=O)[C@@H]1CSC[C@H]1CCO. The van der Waals surface area contributed by atoms with E-state index in [1.165, 1.54) is 0 Å². The van der Waals surface area contributed by atoms with Crippen molar-refractivity contribution in [3.63, 3.8) is 0 Å². The van der Waals surface area contributed by atoms with Crippen LogP contribution in [0.5, 0.6) is 0 Å². The Labute approximate surface area is 95.6 Å². The normalized spacial score (nSPS) is 26.7. The average molecular weight is 232 g/mol. The van der Waals surface area contributed by atoms with Gasteiger partial charge in [0.2, 0.25) is 0 Å². The first kappa shape index (κ1) is 12.8. The third-order valence-corrected chi connectivity index (χ3v) is 3.67. The lowest BCUT2D eigenvalue weighted by molar-refractivity contribution is -0.160. The van der Waals surface area contributed by atoms with Crippen LogP contribution in [-0.4, -0.2) is 34.8 Å². The second-order valence-electron chi connectivity index (χ2n) is 4.95. The molecule has 0 unspecified atom stereocenters. The molecule has 1 N–H and O–H groups in total. The molecule has 1 saturated heterocycles. The molecule has 1 rings (SSSR count). The van der Waals surface area contributed by atoms with Gasteiger partial charge in [-0.1, -0.05) is 0 Å². The maximum Gasteiger partial charge on any atom is 0.310 e. The van der Waals surface area contributed by atoms with Gasteiger partial charge in [0.15, 0.2) is 0 Å². The Bertz CT molecular complexity index is 222. The molecule has 4 heteroatoms. The summed E-state index contributed by atoms with van der Waals surface area (Å²) < 4.78 is 5.36. The molecule has 0 aromatic heterocycles. The Morgan fingerprint density at radius 1 is 1.47 bits per heavy atom. The van der Waals surface area contributed by atoms with E-state index in [0.717, 1.165) is 11.5 Å². The second kappa shape index (κ2) is 5.21. The predicted octanol–water partition coefficient (Wildman–Crippen LogP) is 1.69. The van der Waals surface area contributed by atoms with Crippen LogP contribution < -0.4 is 0 Å². The van der Waals surface area contributed by atoms with E-state index in [1.54, 1.807) is 11.8 Å². The molecule has 2 atom stereocenters. The zero-order chi connectivity index (χ0) is 11.5. The summed E-state index contributed by atoms with van der Waals surface area (Å²) in [6.07, 6.45) is 0.705. The van der Waals surface area contributed by atoms with Gasteiger partial charge >= 0.3 is 5.97 Å². The number of aliphatic hydroxyl groups excluding tert-OH is 1. The topological polar surface area (TPSA) is 46.5 Å². The molecule has 1 heterocycles. The number of esters is 1. The Hall–Kier alpha value is -0.220. The summed E-state index contributed by atoms with van der Waals surface area (Å²) in [4.78, 5) is 11.8. The third-order valence-electron chi connectivity index (χ3n) is 2.41. The Morgan fingerprint density at radius 2 is 2.13 bits per heavy atom. The number of ether oxygens (including phenoxy) is 1. The van der Waals surface area contributed by atoms with E-state index < -0.39 is 5.60 Å². The van der Waals surface area contributed by atoms with Crippen LogP contribution in [0.1, 0.15) is 27.2 Å². The summed E-state index contributed by atoms with van der Waals surface area (Å²) in [6, 6.07) is 0. The van der Waals surface area contributed by atoms with Gasteiger partial charge in [0.05, 0.1) is 5.92 Å². The minimum Gasteiger partial charge on any atom is -0.460 e. The summed E-state index contributed by atoms with van der Waals surface area (Å²) in [5, 5.41) is 8.90. The fraction of sp³-hybridized carbons (Fsp3) is 0.909. The first-order valence-corrected chi connectivity index (χ1v) is 6.51. The summed E-state index contributed by atoms with van der Waals surface area (Å²) in [5.41, 5.74) is -0.409. The second-order valence-corrected chi connectivity index (χ2v) is 6.02. The van der Waals surface area contributed by atoms with Crippen molar-refractivity contribution >= 4 is 17.7 Å². The van der Waals surface area contributed by atoms with Gasteiger partial charge in [-0.2, -0.15) is 11.8 Å². The van der Waals surface area contributed by atoms with Crippen LogP contribution in [0.4, 0.5) is 0 Å². The number of thioether (sulfide) groups is 1. The number of aliphatic hydroxyl groups is 1. The standard InChI is InChI=1S/C11H20O3S/c1-11(2,3)14-10(13)9-7-15-6-8(9)4-5-12/h8-9,12H,4-7H2,1-3H3/t8-,9-/m1/s1. The number of carbonyl (C=O) groups is 1. The highest BCUT2D eigenvalue weighted by Crippen LogP contribution is 2.33. The van der Waals surface area contributed by atoms with Gasteiger partial charge in [0, 0.05) is 12.4 Å². The van der Waals surface area contributed by atoms with Gasteiger partial charge < -0.3 is 9.84 Å². The van der Waals surface area contributed by atoms with Gasteiger partial charge in [-0.3, -0.25) is 4.79 Å². The Morgan fingerprint density at radius 3 is 2.67 bits per heavy atom. The predicted molar refractivity (Wildman–Crippen MR) is 61.9 cm³/mol. The van der Waals surface area contributed by atoms with Crippen molar-refractivity contribution in [1.29, 1.82) is 0 Å². The van der Waals surface area contributed by atoms with Gasteiger partial charge in [0.1, 0.15) is 5.60 Å². The lowest BCUT2D eigenvalue weighted by Gasteiger charge is -2.24.